The van der Waals surface area contributed by atoms with Gasteiger partial charge in [-0.05, 0) is 0 Å². The molecule has 0 unspecified atom stereocenters. The monoisotopic (exact) mass is 335 g/mol. The van der Waals surface area contributed by atoms with Crippen LogP contribution in [0.15, 0.2) is 0 Å². The van der Waals surface area contributed by atoms with E-state index in [1.54, 1.807) is 0 Å². The van der Waals surface area contributed by atoms with Crippen LogP contribution in [-0.4, -0.2) is 35.2 Å². The molecule has 0 aromatic heterocycles. The van der Waals surface area contributed by atoms with E-state index in [9.17, 15) is 4.79 Å². The van der Waals surface area contributed by atoms with Crippen molar-refractivity contribution in [3.05, 3.63) is 0 Å². The summed E-state index contributed by atoms with van der Waals surface area (Å²) in [7, 11) is 0. The van der Waals surface area contributed by atoms with Gasteiger partial charge >= 0.3 is 105 Å². The van der Waals surface area contributed by atoms with Gasteiger partial charge in [-0.3, -0.25) is 0 Å². The Labute approximate surface area is 104 Å². The zero-order valence-corrected chi connectivity index (χ0v) is 13.1. The zero-order valence-electron chi connectivity index (χ0n) is 9.38. The quantitative estimate of drug-likeness (QED) is 0.386. The van der Waals surface area contributed by atoms with Crippen LogP contribution in [0.5, 0.6) is 0 Å². The first kappa shape index (κ1) is 13.4. The topological polar surface area (TPSA) is 26.3 Å². The molecule has 0 aromatic carbocycles. The number of rotatable bonds is 8. The third kappa shape index (κ3) is 6.51. The first-order chi connectivity index (χ1) is 7.24. The zero-order chi connectivity index (χ0) is 11.1. The van der Waals surface area contributed by atoms with Crippen molar-refractivity contribution in [2.75, 3.05) is 6.61 Å². The second-order valence-corrected chi connectivity index (χ2v) is 12.1. The predicted molar refractivity (Wildman–Crippen MR) is 68.1 cm³/mol. The van der Waals surface area contributed by atoms with Crippen LogP contribution in [0.2, 0.25) is 8.87 Å². The van der Waals surface area contributed by atoms with Crippen molar-refractivity contribution in [3.63, 3.8) is 0 Å². The first-order valence-corrected chi connectivity index (χ1v) is 11.6. The molecule has 0 bridgehead atoms. The van der Waals surface area contributed by atoms with Gasteiger partial charge in [0.15, 0.2) is 0 Å². The van der Waals surface area contributed by atoms with E-state index in [1.165, 1.54) is 28.1 Å². The standard InChI is InChI=1S/C9H15O2S.C2H4.Sn/c1-2-3-4-5-6-9(12)7-11-8-10;1-2;/h2-7H2,1H3;1-2H2;. The van der Waals surface area contributed by atoms with Gasteiger partial charge in [0.1, 0.15) is 0 Å². The summed E-state index contributed by atoms with van der Waals surface area (Å²) in [5.74, 6) is 0. The Kier molecular flexibility index (Phi) is 6.80. The maximum atomic E-state index is 11.3. The average Bonchev–Trinajstić information content (AvgIpc) is 3.04. The van der Waals surface area contributed by atoms with E-state index in [4.69, 9.17) is 17.0 Å². The molecule has 1 aliphatic heterocycles. The van der Waals surface area contributed by atoms with Gasteiger partial charge in [-0.25, -0.2) is 0 Å². The fourth-order valence-electron chi connectivity index (χ4n) is 1.34. The van der Waals surface area contributed by atoms with Crippen LogP contribution in [0.1, 0.15) is 39.0 Å². The van der Waals surface area contributed by atoms with Gasteiger partial charge in [-0.2, -0.15) is 0 Å². The second kappa shape index (κ2) is 7.60. The van der Waals surface area contributed by atoms with Crippen molar-refractivity contribution in [2.45, 2.75) is 47.9 Å². The van der Waals surface area contributed by atoms with Gasteiger partial charge < -0.3 is 0 Å². The molecular formula is C11H19O2SSn. The molecule has 4 heteroatoms. The summed E-state index contributed by atoms with van der Waals surface area (Å²) >= 11 is 3.63. The molecule has 2 nitrogen and oxygen atoms in total. The Morgan fingerprint density at radius 3 is 2.67 bits per heavy atom. The summed E-state index contributed by atoms with van der Waals surface area (Å²) in [5.41, 5.74) is 0. The summed E-state index contributed by atoms with van der Waals surface area (Å²) in [6.45, 7) is 2.60. The van der Waals surface area contributed by atoms with Crippen LogP contribution in [0.25, 0.3) is 0 Å². The van der Waals surface area contributed by atoms with Crippen LogP contribution in [0, 0.1) is 0 Å². The van der Waals surface area contributed by atoms with Crippen LogP contribution >= 0.6 is 12.2 Å². The molecule has 15 heavy (non-hydrogen) atoms. The van der Waals surface area contributed by atoms with Crippen molar-refractivity contribution in [2.24, 2.45) is 0 Å². The molecule has 0 amide bonds. The van der Waals surface area contributed by atoms with E-state index >= 15 is 0 Å². The van der Waals surface area contributed by atoms with E-state index in [2.05, 4.69) is 6.92 Å². The summed E-state index contributed by atoms with van der Waals surface area (Å²) < 4.78 is 7.74. The van der Waals surface area contributed by atoms with Gasteiger partial charge in [0, 0.05) is 0 Å². The van der Waals surface area contributed by atoms with Crippen LogP contribution in [-0.2, 0) is 4.74 Å². The van der Waals surface area contributed by atoms with E-state index in [1.807, 2.05) is 0 Å². The molecule has 0 aromatic rings. The van der Waals surface area contributed by atoms with Gasteiger partial charge in [-0.15, -0.1) is 0 Å². The molecular weight excluding hydrogens is 315 g/mol. The molecule has 0 aliphatic carbocycles. The van der Waals surface area contributed by atoms with Gasteiger partial charge in [0.05, 0.1) is 0 Å². The number of carbonyl (C=O) groups is 1. The number of carbonyl (C=O) groups excluding carboxylic acids is 1. The van der Waals surface area contributed by atoms with E-state index in [0.717, 1.165) is 17.7 Å². The van der Waals surface area contributed by atoms with Crippen molar-refractivity contribution in [3.8, 4) is 0 Å². The van der Waals surface area contributed by atoms with Gasteiger partial charge in [-0.1, -0.05) is 0 Å². The van der Waals surface area contributed by atoms with E-state index in [0.29, 0.717) is 6.61 Å². The van der Waals surface area contributed by atoms with Crippen molar-refractivity contribution in [1.29, 1.82) is 0 Å². The summed E-state index contributed by atoms with van der Waals surface area (Å²) in [4.78, 5) is 12.2. The molecule has 0 saturated carbocycles. The summed E-state index contributed by atoms with van der Waals surface area (Å²) in [5, 5.41) is 0. The van der Waals surface area contributed by atoms with Crippen molar-refractivity contribution in [1.82, 2.24) is 0 Å². The second-order valence-electron chi connectivity index (χ2n) is 4.03. The first-order valence-electron chi connectivity index (χ1n) is 5.77. The third-order valence-corrected chi connectivity index (χ3v) is 7.70. The molecule has 1 aliphatic rings. The van der Waals surface area contributed by atoms with Crippen LogP contribution in [0.3, 0.4) is 0 Å². The fraction of sp³-hybridized carbons (Fsp3) is 0.818. The molecule has 1 heterocycles. The normalized spacial score (nSPS) is 15.0. The molecule has 0 atom stereocenters. The van der Waals surface area contributed by atoms with E-state index < -0.39 is 19.8 Å². The van der Waals surface area contributed by atoms with Crippen molar-refractivity contribution >= 4 is 40.8 Å². The number of thiocarbonyl (C=S) groups is 1. The SMILES string of the molecule is CCCCCCC(=S)CO[C](=O)[Sn]1[CH2][CH2]1. The molecule has 1 saturated heterocycles. The van der Waals surface area contributed by atoms with E-state index in [-0.39, 0.29) is 3.99 Å². The van der Waals surface area contributed by atoms with Crippen molar-refractivity contribution < 1.29 is 9.53 Å². The number of hydrogen-bond donors (Lipinski definition) is 0. The molecule has 1 radical (unpaired) electrons. The summed E-state index contributed by atoms with van der Waals surface area (Å²) in [6.07, 6.45) is 5.86. The molecule has 85 valence electrons. The third-order valence-electron chi connectivity index (χ3n) is 2.46. The fourth-order valence-corrected chi connectivity index (χ4v) is 6.24. The minimum absolute atomic E-state index is 0.147. The minimum atomic E-state index is -1.54. The predicted octanol–water partition coefficient (Wildman–Crippen LogP) is 3.55. The Morgan fingerprint density at radius 1 is 1.33 bits per heavy atom. The average molecular weight is 334 g/mol. The summed E-state index contributed by atoms with van der Waals surface area (Å²) in [6, 6.07) is 0. The van der Waals surface area contributed by atoms with Crippen LogP contribution in [0.4, 0.5) is 4.79 Å². The molecule has 1 rings (SSSR count). The number of unbranched alkanes of at least 4 members (excludes halogenated alkanes) is 3. The number of ether oxygens (including phenoxy) is 1. The van der Waals surface area contributed by atoms with Gasteiger partial charge in [0.25, 0.3) is 0 Å². The number of hydrogen-bond acceptors (Lipinski definition) is 3. The van der Waals surface area contributed by atoms with Crippen LogP contribution < -0.4 is 0 Å². The molecule has 0 spiro atoms. The Bertz CT molecular complexity index is 227. The Morgan fingerprint density at radius 2 is 2.07 bits per heavy atom. The maximum absolute atomic E-state index is 11.3. The molecule has 0 N–H and O–H groups in total. The molecule has 1 fully saturated rings. The Hall–Kier alpha value is 0.359. The van der Waals surface area contributed by atoms with Gasteiger partial charge in [0.2, 0.25) is 0 Å². The Balaban J connectivity index is 1.95.